The van der Waals surface area contributed by atoms with Crippen molar-refractivity contribution in [3.63, 3.8) is 0 Å². The second-order valence-corrected chi connectivity index (χ2v) is 14.0. The molecule has 0 spiro atoms. The minimum Gasteiger partial charge on any atom is -0.350 e. The normalized spacial score (nSPS) is 12.5. The number of amides is 2. The summed E-state index contributed by atoms with van der Waals surface area (Å²) in [5.41, 5.74) is 1.62. The number of aryl methyl sites for hydroxylation is 1. The summed E-state index contributed by atoms with van der Waals surface area (Å²) in [5.74, 6) is -1.01. The van der Waals surface area contributed by atoms with E-state index in [2.05, 4.69) is 5.32 Å². The summed E-state index contributed by atoms with van der Waals surface area (Å²) < 4.78 is 29.0. The van der Waals surface area contributed by atoms with Crippen LogP contribution < -0.4 is 9.62 Å². The Kier molecular flexibility index (Phi) is 10.4. The Hall–Kier alpha value is -2.78. The van der Waals surface area contributed by atoms with Crippen LogP contribution in [0.25, 0.3) is 0 Å². The van der Waals surface area contributed by atoms with Crippen LogP contribution in [0.5, 0.6) is 0 Å². The molecule has 0 heterocycles. The van der Waals surface area contributed by atoms with Gasteiger partial charge in [-0.1, -0.05) is 64.6 Å². The molecular weight excluding hydrogens is 605 g/mol. The summed E-state index contributed by atoms with van der Waals surface area (Å²) in [6.45, 7) is 9.97. The van der Waals surface area contributed by atoms with Crippen molar-refractivity contribution in [2.24, 2.45) is 0 Å². The van der Waals surface area contributed by atoms with Crippen LogP contribution in [0, 0.1) is 13.8 Å². The zero-order valence-electron chi connectivity index (χ0n) is 23.8. The van der Waals surface area contributed by atoms with Gasteiger partial charge in [-0.2, -0.15) is 0 Å². The molecule has 2 amide bonds. The number of carbonyl (C=O) groups is 2. The largest absolute Gasteiger partial charge is 0.350 e. The molecule has 220 valence electrons. The monoisotopic (exact) mass is 637 g/mol. The van der Waals surface area contributed by atoms with Crippen molar-refractivity contribution >= 4 is 62.3 Å². The number of nitrogens with zero attached hydrogens (tertiary/aromatic N) is 2. The number of carbonyl (C=O) groups excluding carboxylic acids is 2. The van der Waals surface area contributed by atoms with Gasteiger partial charge < -0.3 is 10.2 Å². The summed E-state index contributed by atoms with van der Waals surface area (Å²) in [6, 6.07) is 15.1. The van der Waals surface area contributed by atoms with Crippen LogP contribution in [0.1, 0.15) is 44.4 Å². The quantitative estimate of drug-likeness (QED) is 0.280. The highest BCUT2D eigenvalue weighted by Gasteiger charge is 2.34. The first kappa shape index (κ1) is 32.7. The molecule has 0 aliphatic carbocycles. The van der Waals surface area contributed by atoms with E-state index in [1.807, 2.05) is 27.7 Å². The molecular formula is C30H34Cl3N3O4S. The zero-order valence-corrected chi connectivity index (χ0v) is 26.9. The Morgan fingerprint density at radius 3 is 2.15 bits per heavy atom. The van der Waals surface area contributed by atoms with Crippen molar-refractivity contribution in [1.82, 2.24) is 10.2 Å². The third-order valence-electron chi connectivity index (χ3n) is 6.42. The lowest BCUT2D eigenvalue weighted by Crippen LogP contribution is -2.54. The van der Waals surface area contributed by atoms with Gasteiger partial charge in [-0.15, -0.1) is 0 Å². The maximum Gasteiger partial charge on any atom is 0.264 e. The minimum absolute atomic E-state index is 0.0149. The fraction of sp³-hybridized carbons (Fsp3) is 0.333. The van der Waals surface area contributed by atoms with E-state index in [0.717, 1.165) is 9.87 Å². The zero-order chi connectivity index (χ0) is 30.7. The SMILES string of the molecule is Cc1ccc(S(=O)(=O)N(CC(=O)N(Cc2ccc(Cl)cc2Cl)[C@@H](C)C(=O)NC(C)(C)C)c2cccc(Cl)c2C)cc1. The highest BCUT2D eigenvalue weighted by Crippen LogP contribution is 2.32. The molecule has 0 bridgehead atoms. The molecule has 3 aromatic carbocycles. The molecule has 0 radical (unpaired) electrons. The van der Waals surface area contributed by atoms with Crippen molar-refractivity contribution in [2.75, 3.05) is 10.8 Å². The molecule has 0 aromatic heterocycles. The van der Waals surface area contributed by atoms with E-state index < -0.39 is 40.0 Å². The molecule has 0 unspecified atom stereocenters. The van der Waals surface area contributed by atoms with Crippen LogP contribution in [0.4, 0.5) is 5.69 Å². The first-order chi connectivity index (χ1) is 19.0. The molecule has 7 nitrogen and oxygen atoms in total. The summed E-state index contributed by atoms with van der Waals surface area (Å²) in [4.78, 5) is 28.6. The van der Waals surface area contributed by atoms with Gasteiger partial charge in [-0.3, -0.25) is 13.9 Å². The molecule has 0 saturated heterocycles. The molecule has 1 N–H and O–H groups in total. The number of anilines is 1. The molecule has 41 heavy (non-hydrogen) atoms. The van der Waals surface area contributed by atoms with Crippen molar-refractivity contribution in [3.8, 4) is 0 Å². The lowest BCUT2D eigenvalue weighted by molar-refractivity contribution is -0.140. The van der Waals surface area contributed by atoms with E-state index in [1.54, 1.807) is 62.4 Å². The number of benzene rings is 3. The van der Waals surface area contributed by atoms with Crippen LogP contribution in [-0.2, 0) is 26.2 Å². The highest BCUT2D eigenvalue weighted by molar-refractivity contribution is 7.92. The van der Waals surface area contributed by atoms with E-state index in [4.69, 9.17) is 34.8 Å². The number of rotatable bonds is 9. The molecule has 11 heteroatoms. The Morgan fingerprint density at radius 1 is 0.927 bits per heavy atom. The summed E-state index contributed by atoms with van der Waals surface area (Å²) in [6.07, 6.45) is 0. The van der Waals surface area contributed by atoms with Gasteiger partial charge in [0.25, 0.3) is 10.0 Å². The van der Waals surface area contributed by atoms with Gasteiger partial charge in [0.1, 0.15) is 12.6 Å². The van der Waals surface area contributed by atoms with Crippen LogP contribution in [0.15, 0.2) is 65.6 Å². The van der Waals surface area contributed by atoms with E-state index >= 15 is 0 Å². The third kappa shape index (κ3) is 8.16. The maximum absolute atomic E-state index is 14.1. The van der Waals surface area contributed by atoms with Gasteiger partial charge in [0.05, 0.1) is 10.6 Å². The van der Waals surface area contributed by atoms with Crippen molar-refractivity contribution in [1.29, 1.82) is 0 Å². The molecule has 3 rings (SSSR count). The third-order valence-corrected chi connectivity index (χ3v) is 9.19. The van der Waals surface area contributed by atoms with Crippen LogP contribution in [0.2, 0.25) is 15.1 Å². The Morgan fingerprint density at radius 2 is 1.56 bits per heavy atom. The van der Waals surface area contributed by atoms with Crippen molar-refractivity contribution < 1.29 is 18.0 Å². The first-order valence-electron chi connectivity index (χ1n) is 12.9. The second kappa shape index (κ2) is 13.0. The number of halogens is 3. The smallest absolute Gasteiger partial charge is 0.264 e. The number of hydrogen-bond donors (Lipinski definition) is 1. The van der Waals surface area contributed by atoms with Crippen molar-refractivity contribution in [3.05, 3.63) is 92.4 Å². The van der Waals surface area contributed by atoms with Crippen LogP contribution in [0.3, 0.4) is 0 Å². The van der Waals surface area contributed by atoms with Crippen LogP contribution >= 0.6 is 34.8 Å². The average molecular weight is 639 g/mol. The first-order valence-corrected chi connectivity index (χ1v) is 15.5. The standard InChI is InChI=1S/C30H34Cl3N3O4S/c1-19-10-14-24(15-11-19)41(39,40)36(27-9-7-8-25(32)20(27)2)18-28(37)35(21(3)29(38)34-30(4,5)6)17-22-12-13-23(31)16-26(22)33/h7-16,21H,17-18H2,1-6H3,(H,34,38)/t21-/m0/s1. The summed E-state index contributed by atoms with van der Waals surface area (Å²) >= 11 is 18.9. The van der Waals surface area contributed by atoms with E-state index in [9.17, 15) is 18.0 Å². The van der Waals surface area contributed by atoms with E-state index in [0.29, 0.717) is 26.2 Å². The Bertz CT molecular complexity index is 1540. The molecule has 0 saturated carbocycles. The van der Waals surface area contributed by atoms with Gasteiger partial charge in [0, 0.05) is 27.2 Å². The molecule has 0 aliphatic heterocycles. The van der Waals surface area contributed by atoms with Gasteiger partial charge >= 0.3 is 0 Å². The lowest BCUT2D eigenvalue weighted by Gasteiger charge is -2.34. The van der Waals surface area contributed by atoms with Gasteiger partial charge in [-0.05, 0) is 89.1 Å². The Labute approximate surface area is 257 Å². The van der Waals surface area contributed by atoms with E-state index in [1.165, 1.54) is 17.0 Å². The highest BCUT2D eigenvalue weighted by atomic mass is 35.5. The molecule has 1 atom stereocenters. The lowest BCUT2D eigenvalue weighted by atomic mass is 10.1. The molecule has 0 fully saturated rings. The van der Waals surface area contributed by atoms with Crippen LogP contribution in [-0.4, -0.2) is 43.3 Å². The van der Waals surface area contributed by atoms with Crippen molar-refractivity contribution in [2.45, 2.75) is 64.6 Å². The fourth-order valence-electron chi connectivity index (χ4n) is 4.11. The summed E-state index contributed by atoms with van der Waals surface area (Å²) in [5, 5.41) is 3.97. The predicted octanol–water partition coefficient (Wildman–Crippen LogP) is 6.79. The second-order valence-electron chi connectivity index (χ2n) is 10.9. The molecule has 3 aromatic rings. The number of nitrogens with one attached hydrogen (secondary N) is 1. The van der Waals surface area contributed by atoms with Gasteiger partial charge in [-0.25, -0.2) is 8.42 Å². The number of sulfonamides is 1. The molecule has 0 aliphatic rings. The number of hydrogen-bond acceptors (Lipinski definition) is 4. The van der Waals surface area contributed by atoms with E-state index in [-0.39, 0.29) is 17.1 Å². The predicted molar refractivity (Wildman–Crippen MR) is 166 cm³/mol. The maximum atomic E-state index is 14.1. The summed E-state index contributed by atoms with van der Waals surface area (Å²) in [7, 11) is -4.22. The topological polar surface area (TPSA) is 86.8 Å². The Balaban J connectivity index is 2.10. The minimum atomic E-state index is -4.22. The van der Waals surface area contributed by atoms with Gasteiger partial charge in [0.2, 0.25) is 11.8 Å². The van der Waals surface area contributed by atoms with Gasteiger partial charge in [0.15, 0.2) is 0 Å². The average Bonchev–Trinajstić information content (AvgIpc) is 2.87. The fourth-order valence-corrected chi connectivity index (χ4v) is 6.22.